The van der Waals surface area contributed by atoms with Gasteiger partial charge in [-0.1, -0.05) is 12.8 Å². The minimum atomic E-state index is -0.395. The van der Waals surface area contributed by atoms with Crippen LogP contribution in [0.3, 0.4) is 0 Å². The normalized spacial score (nSPS) is 22.8. The minimum Gasteiger partial charge on any atom is -0.393 e. The van der Waals surface area contributed by atoms with Crippen LogP contribution in [-0.2, 0) is 6.54 Å². The highest BCUT2D eigenvalue weighted by Crippen LogP contribution is 2.30. The fourth-order valence-electron chi connectivity index (χ4n) is 2.85. The van der Waals surface area contributed by atoms with Gasteiger partial charge >= 0.3 is 5.69 Å². The molecule has 1 aromatic rings. The number of nitrogens with one attached hydrogen (secondary N) is 1. The molecule has 2 atom stereocenters. The minimum absolute atomic E-state index is 0.0390. The molecule has 1 fully saturated rings. The van der Waals surface area contributed by atoms with Gasteiger partial charge in [0.05, 0.1) is 11.0 Å². The Kier molecular flexibility index (Phi) is 4.59. The molecule has 0 saturated heterocycles. The van der Waals surface area contributed by atoms with E-state index in [-0.39, 0.29) is 17.7 Å². The van der Waals surface area contributed by atoms with E-state index in [4.69, 9.17) is 0 Å². The summed E-state index contributed by atoms with van der Waals surface area (Å²) in [5.41, 5.74) is 0.459. The number of aromatic nitrogens is 2. The first-order chi connectivity index (χ1) is 9.54. The molecule has 0 bridgehead atoms. The van der Waals surface area contributed by atoms with Crippen LogP contribution in [0.1, 0.15) is 38.3 Å². The van der Waals surface area contributed by atoms with Gasteiger partial charge in [0, 0.05) is 19.0 Å². The van der Waals surface area contributed by atoms with E-state index < -0.39 is 4.92 Å². The van der Waals surface area contributed by atoms with Crippen molar-refractivity contribution in [1.29, 1.82) is 0 Å². The molecule has 7 heteroatoms. The lowest BCUT2D eigenvalue weighted by Crippen LogP contribution is -2.30. The van der Waals surface area contributed by atoms with Gasteiger partial charge < -0.3 is 10.4 Å². The summed E-state index contributed by atoms with van der Waals surface area (Å²) in [5.74, 6) is 0.608. The molecule has 0 aromatic carbocycles. The first-order valence-corrected chi connectivity index (χ1v) is 7.18. The molecule has 20 heavy (non-hydrogen) atoms. The molecule has 0 spiro atoms. The molecule has 1 aromatic heterocycles. The summed E-state index contributed by atoms with van der Waals surface area (Å²) >= 11 is 0. The van der Waals surface area contributed by atoms with E-state index in [1.165, 1.54) is 0 Å². The Bertz CT molecular complexity index is 486. The predicted octanol–water partition coefficient (Wildman–Crippen LogP) is 2.08. The third-order valence-electron chi connectivity index (χ3n) is 3.98. The van der Waals surface area contributed by atoms with E-state index in [0.29, 0.717) is 24.6 Å². The van der Waals surface area contributed by atoms with E-state index >= 15 is 0 Å². The lowest BCUT2D eigenvalue weighted by Gasteiger charge is -2.27. The molecular weight excluding hydrogens is 260 g/mol. The second kappa shape index (κ2) is 6.21. The molecule has 1 aliphatic rings. The quantitative estimate of drug-likeness (QED) is 0.637. The molecule has 7 nitrogen and oxygen atoms in total. The number of nitrogens with zero attached hydrogens (tertiary/aromatic N) is 3. The van der Waals surface area contributed by atoms with Crippen molar-refractivity contribution in [2.24, 2.45) is 5.92 Å². The Morgan fingerprint density at radius 1 is 1.50 bits per heavy atom. The van der Waals surface area contributed by atoms with Gasteiger partial charge in [0.2, 0.25) is 5.82 Å². The van der Waals surface area contributed by atoms with E-state index in [1.807, 2.05) is 6.92 Å². The van der Waals surface area contributed by atoms with Gasteiger partial charge in [0.1, 0.15) is 5.69 Å². The topological polar surface area (TPSA) is 93.2 Å². The third kappa shape index (κ3) is 2.92. The van der Waals surface area contributed by atoms with Crippen molar-refractivity contribution in [3.8, 4) is 0 Å². The SMILES string of the molecule is CCn1nc(C)c([N+](=O)[O-])c1NCC1CCCCC1O. The van der Waals surface area contributed by atoms with Gasteiger partial charge in [-0.15, -0.1) is 0 Å². The smallest absolute Gasteiger partial charge is 0.333 e. The average Bonchev–Trinajstić information content (AvgIpc) is 2.74. The van der Waals surface area contributed by atoms with Crippen molar-refractivity contribution >= 4 is 11.5 Å². The summed E-state index contributed by atoms with van der Waals surface area (Å²) in [6.45, 7) is 4.67. The second-order valence-corrected chi connectivity index (χ2v) is 5.35. The number of hydrogen-bond donors (Lipinski definition) is 2. The zero-order chi connectivity index (χ0) is 14.7. The van der Waals surface area contributed by atoms with Crippen molar-refractivity contribution in [1.82, 2.24) is 9.78 Å². The standard InChI is InChI=1S/C13H22N4O3/c1-3-16-13(12(17(19)20)9(2)15-16)14-8-10-6-4-5-7-11(10)18/h10-11,14,18H,3-8H2,1-2H3. The van der Waals surface area contributed by atoms with E-state index in [9.17, 15) is 15.2 Å². The van der Waals surface area contributed by atoms with Crippen LogP contribution in [-0.4, -0.2) is 32.5 Å². The van der Waals surface area contributed by atoms with Crippen LogP contribution in [0.15, 0.2) is 0 Å². The fourth-order valence-corrected chi connectivity index (χ4v) is 2.85. The summed E-state index contributed by atoms with van der Waals surface area (Å²) in [5, 5.41) is 28.4. The Morgan fingerprint density at radius 2 is 2.20 bits per heavy atom. The van der Waals surface area contributed by atoms with Gasteiger partial charge in [-0.3, -0.25) is 10.1 Å². The van der Waals surface area contributed by atoms with Gasteiger partial charge in [-0.05, 0) is 26.7 Å². The Hall–Kier alpha value is -1.63. The highest BCUT2D eigenvalue weighted by atomic mass is 16.6. The second-order valence-electron chi connectivity index (χ2n) is 5.35. The largest absolute Gasteiger partial charge is 0.393 e. The number of anilines is 1. The average molecular weight is 282 g/mol. The molecule has 1 aliphatic carbocycles. The molecule has 1 saturated carbocycles. The molecule has 0 radical (unpaired) electrons. The molecule has 1 heterocycles. The number of aliphatic hydroxyl groups excluding tert-OH is 1. The lowest BCUT2D eigenvalue weighted by atomic mass is 9.86. The van der Waals surface area contributed by atoms with E-state index in [1.54, 1.807) is 11.6 Å². The number of aliphatic hydroxyl groups is 1. The van der Waals surface area contributed by atoms with Crippen LogP contribution >= 0.6 is 0 Å². The molecule has 0 aliphatic heterocycles. The van der Waals surface area contributed by atoms with Crippen molar-refractivity contribution in [2.75, 3.05) is 11.9 Å². The van der Waals surface area contributed by atoms with Gasteiger partial charge in [-0.25, -0.2) is 4.68 Å². The van der Waals surface area contributed by atoms with Crippen molar-refractivity contribution in [3.63, 3.8) is 0 Å². The summed E-state index contributed by atoms with van der Waals surface area (Å²) in [4.78, 5) is 10.8. The molecule has 0 amide bonds. The molecule has 2 N–H and O–H groups in total. The summed E-state index contributed by atoms with van der Waals surface area (Å²) in [6, 6.07) is 0. The maximum Gasteiger partial charge on any atom is 0.333 e. The zero-order valence-electron chi connectivity index (χ0n) is 12.0. The van der Waals surface area contributed by atoms with Gasteiger partial charge in [0.15, 0.2) is 0 Å². The maximum absolute atomic E-state index is 11.2. The Labute approximate surface area is 118 Å². The van der Waals surface area contributed by atoms with Gasteiger partial charge in [-0.2, -0.15) is 5.10 Å². The zero-order valence-corrected chi connectivity index (χ0v) is 12.0. The number of nitro groups is 1. The summed E-state index contributed by atoms with van der Waals surface area (Å²) < 4.78 is 1.61. The lowest BCUT2D eigenvalue weighted by molar-refractivity contribution is -0.384. The van der Waals surface area contributed by atoms with Crippen LogP contribution in [0.25, 0.3) is 0 Å². The Morgan fingerprint density at radius 3 is 2.80 bits per heavy atom. The Balaban J connectivity index is 2.13. The molecule has 112 valence electrons. The molecule has 2 unspecified atom stereocenters. The predicted molar refractivity (Wildman–Crippen MR) is 75.7 cm³/mol. The van der Waals surface area contributed by atoms with Crippen LogP contribution in [0.2, 0.25) is 0 Å². The number of aryl methyl sites for hydroxylation is 2. The number of hydrogen-bond acceptors (Lipinski definition) is 5. The van der Waals surface area contributed by atoms with Crippen LogP contribution < -0.4 is 5.32 Å². The van der Waals surface area contributed by atoms with Gasteiger partial charge in [0.25, 0.3) is 0 Å². The molecule has 2 rings (SSSR count). The van der Waals surface area contributed by atoms with E-state index in [0.717, 1.165) is 25.7 Å². The molecular formula is C13H22N4O3. The summed E-state index contributed by atoms with van der Waals surface area (Å²) in [7, 11) is 0. The first-order valence-electron chi connectivity index (χ1n) is 7.18. The van der Waals surface area contributed by atoms with Crippen LogP contribution in [0.4, 0.5) is 11.5 Å². The first kappa shape index (κ1) is 14.8. The monoisotopic (exact) mass is 282 g/mol. The van der Waals surface area contributed by atoms with Crippen LogP contribution in [0, 0.1) is 23.0 Å². The van der Waals surface area contributed by atoms with Crippen molar-refractivity contribution < 1.29 is 10.0 Å². The van der Waals surface area contributed by atoms with Crippen molar-refractivity contribution in [3.05, 3.63) is 15.8 Å². The van der Waals surface area contributed by atoms with Crippen molar-refractivity contribution in [2.45, 2.75) is 52.2 Å². The fraction of sp³-hybridized carbons (Fsp3) is 0.769. The summed E-state index contributed by atoms with van der Waals surface area (Å²) in [6.07, 6.45) is 3.64. The van der Waals surface area contributed by atoms with E-state index in [2.05, 4.69) is 10.4 Å². The maximum atomic E-state index is 11.2. The highest BCUT2D eigenvalue weighted by Gasteiger charge is 2.27. The van der Waals surface area contributed by atoms with Crippen LogP contribution in [0.5, 0.6) is 0 Å². The third-order valence-corrected chi connectivity index (χ3v) is 3.98. The number of rotatable bonds is 5. The highest BCUT2D eigenvalue weighted by molar-refractivity contribution is 5.59.